The Labute approximate surface area is 177 Å². The van der Waals surface area contributed by atoms with Gasteiger partial charge in [-0.15, -0.1) is 11.3 Å². The van der Waals surface area contributed by atoms with E-state index in [1.54, 1.807) is 11.9 Å². The predicted molar refractivity (Wildman–Crippen MR) is 116 cm³/mol. The summed E-state index contributed by atoms with van der Waals surface area (Å²) in [5, 5.41) is 5.51. The maximum atomic E-state index is 12.8. The Hall–Kier alpha value is -2.41. The average molecular weight is 418 g/mol. The molecule has 0 bridgehead atoms. The molecular weight excluding hydrogens is 386 g/mol. The van der Waals surface area contributed by atoms with E-state index in [9.17, 15) is 9.59 Å². The van der Waals surface area contributed by atoms with Crippen LogP contribution in [0, 0.1) is 5.41 Å². The van der Waals surface area contributed by atoms with Crippen molar-refractivity contribution >= 4 is 23.3 Å². The van der Waals surface area contributed by atoms with Crippen LogP contribution in [0.5, 0.6) is 0 Å². The van der Waals surface area contributed by atoms with Gasteiger partial charge in [-0.05, 0) is 31.7 Å². The number of carbonyl (C=O) groups excluding carboxylic acids is 2. The Morgan fingerprint density at radius 3 is 2.41 bits per heavy atom. The molecule has 0 spiro atoms. The number of amides is 2. The monoisotopic (exact) mass is 417 g/mol. The van der Waals surface area contributed by atoms with Gasteiger partial charge < -0.3 is 15.0 Å². The summed E-state index contributed by atoms with van der Waals surface area (Å²) in [6.07, 6.45) is 0.262. The van der Waals surface area contributed by atoms with Crippen molar-refractivity contribution in [3.63, 3.8) is 0 Å². The van der Waals surface area contributed by atoms with Crippen LogP contribution in [0.3, 0.4) is 0 Å². The standard InChI is InChI=1S/C22H31N3O3S/c1-21(2,3)28-20(27)23-14-22(4,5)15-25(6)19(26)17-13-29-18(24-17)12-16-10-8-7-9-11-16/h7-11,13H,12,14-15H2,1-6H3,(H,23,27). The van der Waals surface area contributed by atoms with Crippen molar-refractivity contribution in [3.8, 4) is 0 Å². The number of thiazole rings is 1. The highest BCUT2D eigenvalue weighted by Crippen LogP contribution is 2.19. The van der Waals surface area contributed by atoms with E-state index in [0.717, 1.165) is 5.01 Å². The van der Waals surface area contributed by atoms with Gasteiger partial charge >= 0.3 is 6.09 Å². The summed E-state index contributed by atoms with van der Waals surface area (Å²) in [5.74, 6) is -0.120. The first-order valence-electron chi connectivity index (χ1n) is 9.66. The number of benzene rings is 1. The fraction of sp³-hybridized carbons (Fsp3) is 0.500. The fourth-order valence-corrected chi connectivity index (χ4v) is 3.65. The topological polar surface area (TPSA) is 71.5 Å². The van der Waals surface area contributed by atoms with Crippen molar-refractivity contribution in [2.24, 2.45) is 5.41 Å². The van der Waals surface area contributed by atoms with Gasteiger partial charge in [0.25, 0.3) is 5.91 Å². The molecule has 0 unspecified atom stereocenters. The molecule has 0 saturated carbocycles. The minimum absolute atomic E-state index is 0.120. The molecule has 1 N–H and O–H groups in total. The molecule has 2 aromatic rings. The molecule has 1 aromatic carbocycles. The molecule has 29 heavy (non-hydrogen) atoms. The molecule has 6 nitrogen and oxygen atoms in total. The highest BCUT2D eigenvalue weighted by molar-refractivity contribution is 7.09. The lowest BCUT2D eigenvalue weighted by Gasteiger charge is -2.30. The van der Waals surface area contributed by atoms with Crippen molar-refractivity contribution < 1.29 is 14.3 Å². The zero-order valence-electron chi connectivity index (χ0n) is 18.1. The normalized spacial score (nSPS) is 11.8. The molecule has 1 heterocycles. The van der Waals surface area contributed by atoms with Gasteiger partial charge in [0, 0.05) is 31.9 Å². The molecule has 2 amide bonds. The van der Waals surface area contributed by atoms with Gasteiger partial charge in [-0.3, -0.25) is 4.79 Å². The fourth-order valence-electron chi connectivity index (χ4n) is 2.85. The zero-order valence-corrected chi connectivity index (χ0v) is 18.9. The molecule has 0 aliphatic heterocycles. The number of hydrogen-bond donors (Lipinski definition) is 1. The van der Waals surface area contributed by atoms with E-state index >= 15 is 0 Å². The first kappa shape index (κ1) is 22.9. The van der Waals surface area contributed by atoms with Crippen LogP contribution in [0.1, 0.15) is 55.7 Å². The minimum atomic E-state index is -0.539. The molecule has 0 radical (unpaired) electrons. The van der Waals surface area contributed by atoms with Gasteiger partial charge in [-0.2, -0.15) is 0 Å². The second-order valence-corrected chi connectivity index (χ2v) is 9.91. The Bertz CT molecular complexity index is 825. The van der Waals surface area contributed by atoms with E-state index in [-0.39, 0.29) is 11.3 Å². The lowest BCUT2D eigenvalue weighted by atomic mass is 9.93. The molecule has 158 valence electrons. The van der Waals surface area contributed by atoms with Crippen LogP contribution in [0.15, 0.2) is 35.7 Å². The third-order valence-electron chi connectivity index (χ3n) is 4.09. The molecule has 0 fully saturated rings. The van der Waals surface area contributed by atoms with Gasteiger partial charge in [0.2, 0.25) is 0 Å². The quantitative estimate of drug-likeness (QED) is 0.727. The van der Waals surface area contributed by atoms with E-state index in [1.807, 2.05) is 58.2 Å². The molecule has 2 rings (SSSR count). The average Bonchev–Trinajstić information content (AvgIpc) is 3.07. The third-order valence-corrected chi connectivity index (χ3v) is 4.94. The van der Waals surface area contributed by atoms with Gasteiger partial charge in [0.05, 0.1) is 5.01 Å². The van der Waals surface area contributed by atoms with Crippen LogP contribution >= 0.6 is 11.3 Å². The second-order valence-electron chi connectivity index (χ2n) is 8.97. The number of ether oxygens (including phenoxy) is 1. The van der Waals surface area contributed by atoms with Gasteiger partial charge in [0.1, 0.15) is 11.3 Å². The van der Waals surface area contributed by atoms with Crippen molar-refractivity contribution in [2.45, 2.75) is 46.6 Å². The van der Waals surface area contributed by atoms with Crippen molar-refractivity contribution in [1.29, 1.82) is 0 Å². The van der Waals surface area contributed by atoms with E-state index in [0.29, 0.717) is 25.2 Å². The van der Waals surface area contributed by atoms with Crippen LogP contribution < -0.4 is 5.32 Å². The second kappa shape index (κ2) is 9.39. The maximum Gasteiger partial charge on any atom is 0.407 e. The smallest absolute Gasteiger partial charge is 0.407 e. The van der Waals surface area contributed by atoms with Crippen LogP contribution in [0.25, 0.3) is 0 Å². The Balaban J connectivity index is 1.90. The molecule has 0 aliphatic rings. The van der Waals surface area contributed by atoms with E-state index in [4.69, 9.17) is 4.74 Å². The number of carbonyl (C=O) groups is 2. The molecule has 0 atom stereocenters. The minimum Gasteiger partial charge on any atom is -0.444 e. The first-order chi connectivity index (χ1) is 13.5. The number of alkyl carbamates (subject to hydrolysis) is 1. The number of hydrogen-bond acceptors (Lipinski definition) is 5. The summed E-state index contributed by atoms with van der Waals surface area (Å²) in [4.78, 5) is 30.8. The van der Waals surface area contributed by atoms with Gasteiger partial charge in [-0.1, -0.05) is 44.2 Å². The highest BCUT2D eigenvalue weighted by Gasteiger charge is 2.26. The van der Waals surface area contributed by atoms with Crippen molar-refractivity contribution in [2.75, 3.05) is 20.1 Å². The molecular formula is C22H31N3O3S. The van der Waals surface area contributed by atoms with Crippen LogP contribution in [-0.4, -0.2) is 47.6 Å². The molecule has 7 heteroatoms. The largest absolute Gasteiger partial charge is 0.444 e. The molecule has 0 aliphatic carbocycles. The summed E-state index contributed by atoms with van der Waals surface area (Å²) in [6, 6.07) is 10.1. The van der Waals surface area contributed by atoms with Crippen LogP contribution in [0.4, 0.5) is 4.79 Å². The number of rotatable bonds is 7. The van der Waals surface area contributed by atoms with Crippen molar-refractivity contribution in [3.05, 3.63) is 52.0 Å². The summed E-state index contributed by atoms with van der Waals surface area (Å²) in [5.41, 5.74) is 0.774. The van der Waals surface area contributed by atoms with E-state index < -0.39 is 11.7 Å². The Kier molecular flexibility index (Phi) is 7.41. The van der Waals surface area contributed by atoms with E-state index in [2.05, 4.69) is 22.4 Å². The Morgan fingerprint density at radius 1 is 1.14 bits per heavy atom. The molecule has 1 aromatic heterocycles. The SMILES string of the molecule is CN(CC(C)(C)CNC(=O)OC(C)(C)C)C(=O)c1csc(Cc2ccccc2)n1. The van der Waals surface area contributed by atoms with E-state index in [1.165, 1.54) is 16.9 Å². The third kappa shape index (κ3) is 7.85. The summed E-state index contributed by atoms with van der Waals surface area (Å²) >= 11 is 1.50. The lowest BCUT2D eigenvalue weighted by molar-refractivity contribution is 0.0495. The van der Waals surface area contributed by atoms with Gasteiger partial charge in [0.15, 0.2) is 0 Å². The summed E-state index contributed by atoms with van der Waals surface area (Å²) < 4.78 is 5.27. The van der Waals surface area contributed by atoms with Crippen LogP contribution in [-0.2, 0) is 11.2 Å². The summed E-state index contributed by atoms with van der Waals surface area (Å²) in [6.45, 7) is 10.3. The zero-order chi connectivity index (χ0) is 21.7. The number of nitrogens with one attached hydrogen (secondary N) is 1. The van der Waals surface area contributed by atoms with Crippen molar-refractivity contribution in [1.82, 2.24) is 15.2 Å². The highest BCUT2D eigenvalue weighted by atomic mass is 32.1. The molecule has 0 saturated heterocycles. The predicted octanol–water partition coefficient (Wildman–Crippen LogP) is 4.36. The lowest BCUT2D eigenvalue weighted by Crippen LogP contribution is -2.44. The summed E-state index contributed by atoms with van der Waals surface area (Å²) in [7, 11) is 1.76. The van der Waals surface area contributed by atoms with Gasteiger partial charge in [-0.25, -0.2) is 9.78 Å². The first-order valence-corrected chi connectivity index (χ1v) is 10.5. The number of aromatic nitrogens is 1. The Morgan fingerprint density at radius 2 is 1.79 bits per heavy atom. The number of nitrogens with zero attached hydrogens (tertiary/aromatic N) is 2. The van der Waals surface area contributed by atoms with Crippen LogP contribution in [0.2, 0.25) is 0 Å². The maximum absolute atomic E-state index is 12.8.